The number of unbranched alkanes of at least 4 members (excludes halogenated alkanes) is 17. The van der Waals surface area contributed by atoms with Crippen molar-refractivity contribution < 1.29 is 28.6 Å². The summed E-state index contributed by atoms with van der Waals surface area (Å²) in [6.07, 6.45) is 65.4. The first-order chi connectivity index (χ1) is 30.5. The average Bonchev–Trinajstić information content (AvgIpc) is 3.27. The molecule has 6 nitrogen and oxygen atoms in total. The number of rotatable bonds is 44. The van der Waals surface area contributed by atoms with Gasteiger partial charge >= 0.3 is 17.9 Å². The van der Waals surface area contributed by atoms with E-state index in [4.69, 9.17) is 14.2 Å². The summed E-state index contributed by atoms with van der Waals surface area (Å²) in [6.45, 7) is 6.39. The normalized spacial score (nSPS) is 12.9. The Morgan fingerprint density at radius 2 is 0.661 bits per heavy atom. The molecule has 62 heavy (non-hydrogen) atoms. The molecule has 6 heteroatoms. The van der Waals surface area contributed by atoms with Crippen molar-refractivity contribution >= 4 is 17.9 Å². The third kappa shape index (κ3) is 47.4. The van der Waals surface area contributed by atoms with Crippen molar-refractivity contribution in [2.24, 2.45) is 0 Å². The van der Waals surface area contributed by atoms with E-state index in [-0.39, 0.29) is 37.5 Å². The van der Waals surface area contributed by atoms with Crippen LogP contribution in [0, 0.1) is 0 Å². The van der Waals surface area contributed by atoms with Gasteiger partial charge in [0, 0.05) is 19.3 Å². The first-order valence-corrected chi connectivity index (χ1v) is 25.2. The maximum absolute atomic E-state index is 12.8. The lowest BCUT2D eigenvalue weighted by Crippen LogP contribution is -2.30. The van der Waals surface area contributed by atoms with Gasteiger partial charge in [0.1, 0.15) is 13.2 Å². The van der Waals surface area contributed by atoms with E-state index in [2.05, 4.69) is 106 Å². The van der Waals surface area contributed by atoms with Gasteiger partial charge in [-0.1, -0.05) is 189 Å². The van der Waals surface area contributed by atoms with Gasteiger partial charge in [0.05, 0.1) is 0 Å². The van der Waals surface area contributed by atoms with Gasteiger partial charge in [0.15, 0.2) is 6.10 Å². The van der Waals surface area contributed by atoms with Gasteiger partial charge in [-0.05, 0) is 109 Å². The van der Waals surface area contributed by atoms with Gasteiger partial charge < -0.3 is 14.2 Å². The highest BCUT2D eigenvalue weighted by atomic mass is 16.6. The molecule has 0 N–H and O–H groups in total. The molecule has 0 fully saturated rings. The highest BCUT2D eigenvalue weighted by Crippen LogP contribution is 2.12. The largest absolute Gasteiger partial charge is 0.462 e. The third-order valence-corrected chi connectivity index (χ3v) is 10.3. The molecule has 0 aliphatic heterocycles. The van der Waals surface area contributed by atoms with Crippen LogP contribution in [0.4, 0.5) is 0 Å². The van der Waals surface area contributed by atoms with Gasteiger partial charge in [-0.2, -0.15) is 0 Å². The van der Waals surface area contributed by atoms with Crippen LogP contribution in [-0.2, 0) is 28.6 Å². The molecule has 1 atom stereocenters. The van der Waals surface area contributed by atoms with Gasteiger partial charge in [0.2, 0.25) is 0 Å². The number of allylic oxidation sites excluding steroid dienone is 16. The smallest absolute Gasteiger partial charge is 0.306 e. The van der Waals surface area contributed by atoms with E-state index in [0.29, 0.717) is 19.3 Å². The van der Waals surface area contributed by atoms with E-state index in [1.165, 1.54) is 70.6 Å². The highest BCUT2D eigenvalue weighted by Gasteiger charge is 2.19. The summed E-state index contributed by atoms with van der Waals surface area (Å²) in [5.74, 6) is -1.02. The summed E-state index contributed by atoms with van der Waals surface area (Å²) in [7, 11) is 0. The molecule has 0 radical (unpaired) electrons. The fourth-order valence-electron chi connectivity index (χ4n) is 6.51. The second kappa shape index (κ2) is 50.0. The van der Waals surface area contributed by atoms with Crippen LogP contribution in [-0.4, -0.2) is 37.2 Å². The Bertz CT molecular complexity index is 1260. The quantitative estimate of drug-likeness (QED) is 0.0263. The number of carbonyl (C=O) groups excluding carboxylic acids is 3. The second-order valence-electron chi connectivity index (χ2n) is 16.3. The molecular formula is C56H92O6. The zero-order valence-corrected chi connectivity index (χ0v) is 40.1. The van der Waals surface area contributed by atoms with Gasteiger partial charge in [-0.3, -0.25) is 14.4 Å². The molecule has 0 spiro atoms. The van der Waals surface area contributed by atoms with Gasteiger partial charge in [-0.15, -0.1) is 0 Å². The standard InChI is InChI=1S/C56H92O6/c1-4-7-10-13-16-19-22-25-26-27-28-29-30-32-34-37-40-43-46-49-55(58)61-52-53(51-60-54(57)48-45-42-39-36-33-24-21-18-15-12-9-6-3)62-56(59)50-47-44-41-38-35-31-23-20-17-14-11-8-5-2/h7,10,16,18-21,23,25-26,28-29,32,34,40,43,53H,4-6,8-9,11-15,17,22,24,27,30-31,33,35-39,41-42,44-52H2,1-3H3/b10-7-,19-16-,21-18-,23-20-,26-25-,29-28-,34-32-,43-40-/t53-/m1/s1. The molecule has 0 aliphatic rings. The predicted octanol–water partition coefficient (Wildman–Crippen LogP) is 16.6. The number of esters is 3. The molecule has 0 aromatic carbocycles. The summed E-state index contributed by atoms with van der Waals surface area (Å²) in [6, 6.07) is 0. The zero-order chi connectivity index (χ0) is 45.1. The van der Waals surface area contributed by atoms with Crippen molar-refractivity contribution in [3.63, 3.8) is 0 Å². The highest BCUT2D eigenvalue weighted by molar-refractivity contribution is 5.71. The summed E-state index contributed by atoms with van der Waals surface area (Å²) in [4.78, 5) is 37.9. The van der Waals surface area contributed by atoms with Crippen molar-refractivity contribution in [2.45, 2.75) is 226 Å². The van der Waals surface area contributed by atoms with Crippen LogP contribution in [0.3, 0.4) is 0 Å². The maximum Gasteiger partial charge on any atom is 0.306 e. The SMILES string of the molecule is CC/C=C\C/C=C\C/C=C\C/C=C\C/C=C\C/C=C\CCC(=O)OC[C@@H](COC(=O)CCCCCCC/C=C\CCCCC)OC(=O)CCCCCCC/C=C\CCCCCC. The van der Waals surface area contributed by atoms with Crippen LogP contribution in [0.1, 0.15) is 220 Å². The van der Waals surface area contributed by atoms with Crippen LogP contribution in [0.25, 0.3) is 0 Å². The fraction of sp³-hybridized carbons (Fsp3) is 0.661. The van der Waals surface area contributed by atoms with E-state index >= 15 is 0 Å². The first-order valence-electron chi connectivity index (χ1n) is 25.2. The maximum atomic E-state index is 12.8. The number of hydrogen-bond acceptors (Lipinski definition) is 6. The minimum Gasteiger partial charge on any atom is -0.462 e. The van der Waals surface area contributed by atoms with E-state index in [0.717, 1.165) is 103 Å². The van der Waals surface area contributed by atoms with Crippen LogP contribution >= 0.6 is 0 Å². The molecule has 0 bridgehead atoms. The Kier molecular flexibility index (Phi) is 47.0. The molecule has 0 amide bonds. The lowest BCUT2D eigenvalue weighted by atomic mass is 10.1. The zero-order valence-electron chi connectivity index (χ0n) is 40.1. The fourth-order valence-corrected chi connectivity index (χ4v) is 6.51. The molecule has 0 aromatic rings. The van der Waals surface area contributed by atoms with Crippen molar-refractivity contribution in [2.75, 3.05) is 13.2 Å². The van der Waals surface area contributed by atoms with E-state index in [1.54, 1.807) is 0 Å². The summed E-state index contributed by atoms with van der Waals surface area (Å²) < 4.78 is 16.7. The first kappa shape index (κ1) is 58.3. The molecule has 0 aliphatic carbocycles. The number of ether oxygens (including phenoxy) is 3. The Morgan fingerprint density at radius 1 is 0.339 bits per heavy atom. The van der Waals surface area contributed by atoms with Crippen molar-refractivity contribution in [1.29, 1.82) is 0 Å². The van der Waals surface area contributed by atoms with Gasteiger partial charge in [-0.25, -0.2) is 0 Å². The van der Waals surface area contributed by atoms with E-state index < -0.39 is 6.10 Å². The minimum atomic E-state index is -0.815. The average molecular weight is 861 g/mol. The van der Waals surface area contributed by atoms with Gasteiger partial charge in [0.25, 0.3) is 0 Å². The molecule has 0 unspecified atom stereocenters. The Hall–Kier alpha value is -3.67. The monoisotopic (exact) mass is 861 g/mol. The topological polar surface area (TPSA) is 78.9 Å². The lowest BCUT2D eigenvalue weighted by molar-refractivity contribution is -0.166. The van der Waals surface area contributed by atoms with Crippen LogP contribution < -0.4 is 0 Å². The molecule has 0 saturated heterocycles. The minimum absolute atomic E-state index is 0.109. The third-order valence-electron chi connectivity index (χ3n) is 10.3. The Labute approximate surface area is 381 Å². The van der Waals surface area contributed by atoms with Crippen LogP contribution in [0.2, 0.25) is 0 Å². The predicted molar refractivity (Wildman–Crippen MR) is 265 cm³/mol. The van der Waals surface area contributed by atoms with E-state index in [1.807, 2.05) is 12.2 Å². The lowest BCUT2D eigenvalue weighted by Gasteiger charge is -2.18. The van der Waals surface area contributed by atoms with Crippen LogP contribution in [0.15, 0.2) is 97.2 Å². The molecule has 0 heterocycles. The van der Waals surface area contributed by atoms with Crippen molar-refractivity contribution in [1.82, 2.24) is 0 Å². The second-order valence-corrected chi connectivity index (χ2v) is 16.3. The van der Waals surface area contributed by atoms with Crippen molar-refractivity contribution in [3.8, 4) is 0 Å². The molecule has 0 saturated carbocycles. The Morgan fingerprint density at radius 3 is 1.11 bits per heavy atom. The molecule has 352 valence electrons. The van der Waals surface area contributed by atoms with E-state index in [9.17, 15) is 14.4 Å². The molecule has 0 rings (SSSR count). The summed E-state index contributed by atoms with van der Waals surface area (Å²) >= 11 is 0. The number of carbonyl (C=O) groups is 3. The molecular weight excluding hydrogens is 769 g/mol. The Balaban J connectivity index is 4.52. The van der Waals surface area contributed by atoms with Crippen molar-refractivity contribution in [3.05, 3.63) is 97.2 Å². The summed E-state index contributed by atoms with van der Waals surface area (Å²) in [5, 5.41) is 0. The summed E-state index contributed by atoms with van der Waals surface area (Å²) in [5.41, 5.74) is 0. The number of hydrogen-bond donors (Lipinski definition) is 0. The molecule has 0 aromatic heterocycles. The van der Waals surface area contributed by atoms with Crippen LogP contribution in [0.5, 0.6) is 0 Å².